The van der Waals surface area contributed by atoms with Crippen molar-refractivity contribution in [3.63, 3.8) is 0 Å². The minimum atomic E-state index is -0.338. The summed E-state index contributed by atoms with van der Waals surface area (Å²) < 4.78 is 1.73. The van der Waals surface area contributed by atoms with Crippen molar-refractivity contribution in [3.05, 3.63) is 42.9 Å². The first-order chi connectivity index (χ1) is 12.2. The minimum absolute atomic E-state index is 0.135. The lowest BCUT2D eigenvalue weighted by Crippen LogP contribution is -2.35. The fraction of sp³-hybridized carbons (Fsp3) is 0.188. The van der Waals surface area contributed by atoms with Gasteiger partial charge in [-0.05, 0) is 12.1 Å². The molecule has 1 saturated heterocycles. The normalized spacial score (nSPS) is 14.1. The molecule has 0 radical (unpaired) electrons. The number of benzene rings is 1. The lowest BCUT2D eigenvalue weighted by molar-refractivity contribution is -0.124. The molecular formula is C16H14N6O2S. The first-order valence-electron chi connectivity index (χ1n) is 7.69. The van der Waals surface area contributed by atoms with Crippen LogP contribution in [0.25, 0.3) is 16.7 Å². The maximum absolute atomic E-state index is 12.2. The van der Waals surface area contributed by atoms with Gasteiger partial charge in [-0.3, -0.25) is 9.69 Å². The topological polar surface area (TPSA) is 93.0 Å². The third kappa shape index (κ3) is 2.93. The second-order valence-electron chi connectivity index (χ2n) is 5.37. The summed E-state index contributed by atoms with van der Waals surface area (Å²) in [6, 6.07) is 9.34. The van der Waals surface area contributed by atoms with Crippen molar-refractivity contribution in [2.24, 2.45) is 0 Å². The molecule has 8 nitrogen and oxygen atoms in total. The Bertz CT molecular complexity index is 942. The first-order valence-corrected chi connectivity index (χ1v) is 8.68. The number of thioether (sulfide) groups is 1. The average molecular weight is 354 g/mol. The zero-order chi connectivity index (χ0) is 17.2. The summed E-state index contributed by atoms with van der Waals surface area (Å²) >= 11 is 1.28. The molecule has 126 valence electrons. The van der Waals surface area contributed by atoms with E-state index in [0.29, 0.717) is 23.8 Å². The number of carbonyl (C=O) groups is 2. The summed E-state index contributed by atoms with van der Waals surface area (Å²) in [5.41, 5.74) is 1.58. The van der Waals surface area contributed by atoms with E-state index in [1.165, 1.54) is 23.0 Å². The zero-order valence-electron chi connectivity index (χ0n) is 13.1. The number of para-hydroxylation sites is 1. The number of nitrogens with one attached hydrogen (secondary N) is 1. The maximum Gasteiger partial charge on any atom is 0.324 e. The van der Waals surface area contributed by atoms with E-state index < -0.39 is 0 Å². The molecular weight excluding hydrogens is 340 g/mol. The number of nitrogens with zero attached hydrogens (tertiary/aromatic N) is 5. The van der Waals surface area contributed by atoms with Crippen molar-refractivity contribution in [3.8, 4) is 5.69 Å². The van der Waals surface area contributed by atoms with E-state index in [9.17, 15) is 9.59 Å². The van der Waals surface area contributed by atoms with Crippen molar-refractivity contribution in [2.45, 2.75) is 5.03 Å². The predicted molar refractivity (Wildman–Crippen MR) is 92.5 cm³/mol. The summed E-state index contributed by atoms with van der Waals surface area (Å²) in [6.07, 6.45) is 3.15. The van der Waals surface area contributed by atoms with Crippen molar-refractivity contribution < 1.29 is 9.59 Å². The van der Waals surface area contributed by atoms with E-state index in [2.05, 4.69) is 20.4 Å². The van der Waals surface area contributed by atoms with Gasteiger partial charge >= 0.3 is 6.03 Å². The van der Waals surface area contributed by atoms with E-state index in [1.54, 1.807) is 10.9 Å². The Morgan fingerprint density at radius 1 is 1.24 bits per heavy atom. The number of carbonyl (C=O) groups excluding carboxylic acids is 2. The lowest BCUT2D eigenvalue weighted by Gasteiger charge is -2.11. The van der Waals surface area contributed by atoms with Gasteiger partial charge in [0.25, 0.3) is 0 Å². The van der Waals surface area contributed by atoms with Gasteiger partial charge in [-0.25, -0.2) is 19.4 Å². The standard InChI is InChI=1S/C16H14N6O2S/c23-13(21-7-6-17-16(21)24)9-25-15-12-8-20-22(14(12)18-10-19-15)11-4-2-1-3-5-11/h1-5,8,10H,6-7,9H2,(H,17,24). The average Bonchev–Trinajstić information content (AvgIpc) is 3.27. The molecule has 0 bridgehead atoms. The maximum atomic E-state index is 12.2. The molecule has 4 rings (SSSR count). The molecule has 0 spiro atoms. The smallest absolute Gasteiger partial charge is 0.324 e. The number of rotatable bonds is 4. The van der Waals surface area contributed by atoms with Crippen LogP contribution in [0.15, 0.2) is 47.9 Å². The molecule has 25 heavy (non-hydrogen) atoms. The molecule has 0 unspecified atom stereocenters. The molecule has 3 aromatic rings. The number of hydrogen-bond donors (Lipinski definition) is 1. The van der Waals surface area contributed by atoms with Crippen LogP contribution in [-0.4, -0.2) is 55.4 Å². The van der Waals surface area contributed by atoms with Crippen LogP contribution in [-0.2, 0) is 4.79 Å². The SMILES string of the molecule is O=C(CSc1ncnc2c1cnn2-c1ccccc1)N1CCNC1=O. The highest BCUT2D eigenvalue weighted by atomic mass is 32.2. The number of urea groups is 1. The highest BCUT2D eigenvalue weighted by Gasteiger charge is 2.26. The van der Waals surface area contributed by atoms with Gasteiger partial charge in [0, 0.05) is 13.1 Å². The Morgan fingerprint density at radius 2 is 2.08 bits per heavy atom. The van der Waals surface area contributed by atoms with Crippen LogP contribution in [0.4, 0.5) is 4.79 Å². The number of imide groups is 1. The molecule has 3 amide bonds. The van der Waals surface area contributed by atoms with Crippen LogP contribution in [0.5, 0.6) is 0 Å². The fourth-order valence-corrected chi connectivity index (χ4v) is 3.45. The van der Waals surface area contributed by atoms with Gasteiger partial charge in [0.15, 0.2) is 5.65 Å². The second kappa shape index (κ2) is 6.52. The van der Waals surface area contributed by atoms with E-state index in [1.807, 2.05) is 30.3 Å². The molecule has 9 heteroatoms. The van der Waals surface area contributed by atoms with Crippen LogP contribution >= 0.6 is 11.8 Å². The third-order valence-corrected chi connectivity index (χ3v) is 4.81. The molecule has 3 heterocycles. The monoisotopic (exact) mass is 354 g/mol. The summed E-state index contributed by atoms with van der Waals surface area (Å²) in [5.74, 6) is -0.0991. The van der Waals surface area contributed by atoms with E-state index in [4.69, 9.17) is 0 Å². The van der Waals surface area contributed by atoms with Gasteiger partial charge in [0.1, 0.15) is 11.4 Å². The predicted octanol–water partition coefficient (Wildman–Crippen LogP) is 1.46. The minimum Gasteiger partial charge on any atom is -0.336 e. The quantitative estimate of drug-likeness (QED) is 0.563. The van der Waals surface area contributed by atoms with Gasteiger partial charge in [-0.1, -0.05) is 30.0 Å². The molecule has 0 saturated carbocycles. The van der Waals surface area contributed by atoms with Gasteiger partial charge < -0.3 is 5.32 Å². The Kier molecular flexibility index (Phi) is 4.06. The fourth-order valence-electron chi connectivity index (χ4n) is 2.61. The largest absolute Gasteiger partial charge is 0.336 e. The van der Waals surface area contributed by atoms with Gasteiger partial charge in [-0.2, -0.15) is 5.10 Å². The molecule has 0 aliphatic carbocycles. The Balaban J connectivity index is 1.58. The number of aromatic nitrogens is 4. The molecule has 1 aliphatic heterocycles. The van der Waals surface area contributed by atoms with Crippen molar-refractivity contribution in [2.75, 3.05) is 18.8 Å². The van der Waals surface area contributed by atoms with Gasteiger partial charge in [0.05, 0.1) is 23.0 Å². The Hall–Kier alpha value is -2.94. The molecule has 1 N–H and O–H groups in total. The zero-order valence-corrected chi connectivity index (χ0v) is 13.9. The molecule has 1 aromatic carbocycles. The summed E-state index contributed by atoms with van der Waals surface area (Å²) in [7, 11) is 0. The number of amides is 3. The van der Waals surface area contributed by atoms with Crippen LogP contribution in [0.3, 0.4) is 0 Å². The van der Waals surface area contributed by atoms with Gasteiger partial charge in [0.2, 0.25) is 5.91 Å². The molecule has 1 fully saturated rings. The van der Waals surface area contributed by atoms with Gasteiger partial charge in [-0.15, -0.1) is 0 Å². The van der Waals surface area contributed by atoms with Crippen LogP contribution < -0.4 is 5.32 Å². The van der Waals surface area contributed by atoms with Crippen LogP contribution in [0, 0.1) is 0 Å². The Labute approximate surface area is 147 Å². The summed E-state index contributed by atoms with van der Waals surface area (Å²) in [4.78, 5) is 33.5. The van der Waals surface area contributed by atoms with Crippen molar-refractivity contribution in [1.82, 2.24) is 30.0 Å². The highest BCUT2D eigenvalue weighted by molar-refractivity contribution is 8.00. The highest BCUT2D eigenvalue weighted by Crippen LogP contribution is 2.26. The van der Waals surface area contributed by atoms with Crippen LogP contribution in [0.1, 0.15) is 0 Å². The Morgan fingerprint density at radius 3 is 2.84 bits per heavy atom. The van der Waals surface area contributed by atoms with Crippen molar-refractivity contribution >= 4 is 34.7 Å². The first kappa shape index (κ1) is 15.6. The molecule has 1 aliphatic rings. The lowest BCUT2D eigenvalue weighted by atomic mass is 10.3. The third-order valence-electron chi connectivity index (χ3n) is 3.82. The number of hydrogen-bond acceptors (Lipinski definition) is 6. The summed E-state index contributed by atoms with van der Waals surface area (Å²) in [6.45, 7) is 0.903. The van der Waals surface area contributed by atoms with Crippen LogP contribution in [0.2, 0.25) is 0 Å². The van der Waals surface area contributed by atoms with E-state index >= 15 is 0 Å². The number of fused-ring (bicyclic) bond motifs is 1. The second-order valence-corrected chi connectivity index (χ2v) is 6.34. The van der Waals surface area contributed by atoms with Crippen molar-refractivity contribution in [1.29, 1.82) is 0 Å². The molecule has 2 aromatic heterocycles. The summed E-state index contributed by atoms with van der Waals surface area (Å²) in [5, 5.41) is 8.44. The molecule has 0 atom stereocenters. The van der Waals surface area contributed by atoms with E-state index in [0.717, 1.165) is 11.1 Å². The van der Waals surface area contributed by atoms with E-state index in [-0.39, 0.29) is 17.7 Å².